The fraction of sp³-hybridized carbons (Fsp3) is 0.433. The predicted octanol–water partition coefficient (Wildman–Crippen LogP) is 3.88. The molecule has 0 bridgehead atoms. The van der Waals surface area contributed by atoms with Gasteiger partial charge in [0.2, 0.25) is 0 Å². The number of rotatable bonds is 8. The molecule has 0 unspecified atom stereocenters. The first kappa shape index (κ1) is 26.7. The second-order valence-corrected chi connectivity index (χ2v) is 11.1. The van der Waals surface area contributed by atoms with Crippen molar-refractivity contribution in [3.05, 3.63) is 64.8 Å². The number of H-pyrrole nitrogens is 1. The third-order valence-electron chi connectivity index (χ3n) is 8.59. The molecule has 204 valence electrons. The van der Waals surface area contributed by atoms with Crippen molar-refractivity contribution in [3.63, 3.8) is 0 Å². The Morgan fingerprint density at radius 1 is 1.28 bits per heavy atom. The first-order valence-corrected chi connectivity index (χ1v) is 13.4. The number of carboxylic acid groups (broad SMARTS) is 1. The maximum absolute atomic E-state index is 12.6. The van der Waals surface area contributed by atoms with E-state index >= 15 is 0 Å². The number of hydrogen-bond donors (Lipinski definition) is 4. The van der Waals surface area contributed by atoms with Crippen molar-refractivity contribution in [3.8, 4) is 11.8 Å². The number of carbonyl (C=O) groups excluding carboxylic acids is 1. The van der Waals surface area contributed by atoms with Gasteiger partial charge in [0, 0.05) is 53.3 Å². The standard InChI is InChI=1S/C30H35N5O4/c1-18-11-26(39-2)23(22-7-9-33-27(18)22)17-35-10-8-30(12-19(13-30)15-31)14-25(35)20-3-5-21(6-4-20)28(36)34-16-24(32)29(37)38/h3-7,9,11,19,24-25,33H,8,10,12-14,16-17,32H2,1-2H3,(H,34,36)(H,37,38)/t19?,24-,25-,30?/m0/s1. The van der Waals surface area contributed by atoms with Crippen LogP contribution in [0.1, 0.15) is 58.8 Å². The van der Waals surface area contributed by atoms with Gasteiger partial charge in [0.15, 0.2) is 0 Å². The van der Waals surface area contributed by atoms with Gasteiger partial charge in [-0.2, -0.15) is 5.26 Å². The Morgan fingerprint density at radius 2 is 2.03 bits per heavy atom. The van der Waals surface area contributed by atoms with E-state index in [-0.39, 0.29) is 29.8 Å². The van der Waals surface area contributed by atoms with E-state index in [9.17, 15) is 14.9 Å². The summed E-state index contributed by atoms with van der Waals surface area (Å²) in [7, 11) is 1.71. The molecule has 1 saturated heterocycles. The zero-order valence-corrected chi connectivity index (χ0v) is 22.4. The lowest BCUT2D eigenvalue weighted by Crippen LogP contribution is -2.48. The van der Waals surface area contributed by atoms with E-state index < -0.39 is 12.0 Å². The van der Waals surface area contributed by atoms with E-state index in [1.807, 2.05) is 18.3 Å². The number of nitrogens with zero attached hydrogens (tertiary/aromatic N) is 2. The SMILES string of the molecule is COc1cc(C)c2[nH]ccc2c1CN1CCC2(CC(C#N)C2)C[C@H]1c1ccc(C(=O)NC[C@H](N)C(=O)O)cc1. The molecule has 2 fully saturated rings. The molecule has 1 aliphatic carbocycles. The summed E-state index contributed by atoms with van der Waals surface area (Å²) in [6.07, 6.45) is 5.85. The first-order chi connectivity index (χ1) is 18.7. The number of benzene rings is 2. The average Bonchev–Trinajstić information content (AvgIpc) is 3.42. The van der Waals surface area contributed by atoms with Crippen LogP contribution in [0, 0.1) is 29.6 Å². The molecule has 5 N–H and O–H groups in total. The zero-order chi connectivity index (χ0) is 27.7. The fourth-order valence-corrected chi connectivity index (χ4v) is 6.38. The highest BCUT2D eigenvalue weighted by molar-refractivity contribution is 5.94. The van der Waals surface area contributed by atoms with Crippen LogP contribution in [-0.4, -0.2) is 53.1 Å². The number of methoxy groups -OCH3 is 1. The topological polar surface area (TPSA) is 144 Å². The molecule has 1 amide bonds. The van der Waals surface area contributed by atoms with Crippen LogP contribution in [0.3, 0.4) is 0 Å². The number of carboxylic acids is 1. The van der Waals surface area contributed by atoms with Gasteiger partial charge in [-0.15, -0.1) is 0 Å². The number of likely N-dealkylation sites (tertiary alicyclic amines) is 1. The van der Waals surface area contributed by atoms with E-state index in [4.69, 9.17) is 15.6 Å². The Kier molecular flexibility index (Phi) is 7.34. The Balaban J connectivity index is 1.41. The molecule has 2 aliphatic rings. The largest absolute Gasteiger partial charge is 0.496 e. The van der Waals surface area contributed by atoms with Crippen molar-refractivity contribution in [1.29, 1.82) is 5.26 Å². The van der Waals surface area contributed by atoms with Crippen molar-refractivity contribution in [2.75, 3.05) is 20.2 Å². The minimum absolute atomic E-state index is 0.121. The van der Waals surface area contributed by atoms with Gasteiger partial charge in [-0.1, -0.05) is 12.1 Å². The summed E-state index contributed by atoms with van der Waals surface area (Å²) in [5.41, 5.74) is 10.7. The van der Waals surface area contributed by atoms with Crippen LogP contribution in [0.15, 0.2) is 42.6 Å². The number of ether oxygens (including phenoxy) is 1. The number of amides is 1. The van der Waals surface area contributed by atoms with Crippen molar-refractivity contribution in [1.82, 2.24) is 15.2 Å². The highest BCUT2D eigenvalue weighted by Gasteiger charge is 2.49. The van der Waals surface area contributed by atoms with E-state index in [2.05, 4.69) is 40.3 Å². The first-order valence-electron chi connectivity index (χ1n) is 13.4. The summed E-state index contributed by atoms with van der Waals surface area (Å²) in [5.74, 6) is -0.505. The van der Waals surface area contributed by atoms with Crippen LogP contribution < -0.4 is 15.8 Å². The Hall–Kier alpha value is -3.87. The second-order valence-electron chi connectivity index (χ2n) is 11.1. The lowest BCUT2D eigenvalue weighted by atomic mass is 9.56. The number of hydrogen-bond acceptors (Lipinski definition) is 6. The molecular formula is C30H35N5O4. The van der Waals surface area contributed by atoms with Crippen molar-refractivity contribution in [2.24, 2.45) is 17.1 Å². The molecule has 9 heteroatoms. The third-order valence-corrected chi connectivity index (χ3v) is 8.59. The van der Waals surface area contributed by atoms with Gasteiger partial charge in [0.1, 0.15) is 11.8 Å². The highest BCUT2D eigenvalue weighted by Crippen LogP contribution is 2.56. The number of nitrogens with two attached hydrogens (primary N) is 1. The van der Waals surface area contributed by atoms with Crippen molar-refractivity contribution < 1.29 is 19.4 Å². The molecule has 1 saturated carbocycles. The number of aliphatic carboxylic acids is 1. The minimum atomic E-state index is -1.16. The third kappa shape index (κ3) is 5.22. The summed E-state index contributed by atoms with van der Waals surface area (Å²) in [6.45, 7) is 3.56. The Labute approximate surface area is 227 Å². The van der Waals surface area contributed by atoms with Crippen LogP contribution >= 0.6 is 0 Å². The van der Waals surface area contributed by atoms with Gasteiger partial charge < -0.3 is 25.9 Å². The Morgan fingerprint density at radius 3 is 2.69 bits per heavy atom. The van der Waals surface area contributed by atoms with Crippen molar-refractivity contribution in [2.45, 2.75) is 51.2 Å². The molecule has 0 radical (unpaired) electrons. The molecule has 2 aromatic carbocycles. The molecule has 3 aromatic rings. The summed E-state index contributed by atoms with van der Waals surface area (Å²) in [5, 5.41) is 22.1. The lowest BCUT2D eigenvalue weighted by Gasteiger charge is -2.53. The summed E-state index contributed by atoms with van der Waals surface area (Å²) < 4.78 is 5.82. The van der Waals surface area contributed by atoms with E-state index in [1.54, 1.807) is 19.2 Å². The van der Waals surface area contributed by atoms with Crippen LogP contribution in [0.25, 0.3) is 10.9 Å². The second kappa shape index (κ2) is 10.7. The molecule has 1 spiro atoms. The van der Waals surface area contributed by atoms with E-state index in [0.717, 1.165) is 72.1 Å². The normalized spacial score (nSPS) is 23.6. The predicted molar refractivity (Wildman–Crippen MR) is 147 cm³/mol. The van der Waals surface area contributed by atoms with Gasteiger partial charge in [-0.25, -0.2) is 0 Å². The smallest absolute Gasteiger partial charge is 0.322 e. The molecule has 39 heavy (non-hydrogen) atoms. The quantitative estimate of drug-likeness (QED) is 0.346. The molecule has 2 heterocycles. The van der Waals surface area contributed by atoms with Crippen LogP contribution in [-0.2, 0) is 11.3 Å². The zero-order valence-electron chi connectivity index (χ0n) is 22.4. The number of aromatic nitrogens is 1. The van der Waals surface area contributed by atoms with Gasteiger partial charge in [0.05, 0.1) is 13.2 Å². The number of fused-ring (bicyclic) bond motifs is 1. The molecule has 1 aromatic heterocycles. The number of nitriles is 1. The summed E-state index contributed by atoms with van der Waals surface area (Å²) in [6, 6.07) is 13.1. The molecule has 1 aliphatic heterocycles. The van der Waals surface area contributed by atoms with E-state index in [0.29, 0.717) is 5.56 Å². The fourth-order valence-electron chi connectivity index (χ4n) is 6.38. The maximum atomic E-state index is 12.6. The van der Waals surface area contributed by atoms with Crippen LogP contribution in [0.4, 0.5) is 0 Å². The number of piperidine rings is 1. The van der Waals surface area contributed by atoms with Crippen LogP contribution in [0.2, 0.25) is 0 Å². The summed E-state index contributed by atoms with van der Waals surface area (Å²) in [4.78, 5) is 29.4. The van der Waals surface area contributed by atoms with Gasteiger partial charge in [-0.3, -0.25) is 14.5 Å². The lowest BCUT2D eigenvalue weighted by molar-refractivity contribution is -0.138. The van der Waals surface area contributed by atoms with Crippen LogP contribution in [0.5, 0.6) is 5.75 Å². The maximum Gasteiger partial charge on any atom is 0.322 e. The van der Waals surface area contributed by atoms with E-state index in [1.165, 1.54) is 0 Å². The molecule has 5 rings (SSSR count). The molecular weight excluding hydrogens is 494 g/mol. The highest BCUT2D eigenvalue weighted by atomic mass is 16.5. The molecule has 9 nitrogen and oxygen atoms in total. The number of nitrogens with one attached hydrogen (secondary N) is 2. The van der Waals surface area contributed by atoms with Gasteiger partial charge in [0.25, 0.3) is 5.91 Å². The van der Waals surface area contributed by atoms with Gasteiger partial charge in [-0.05, 0) is 80.0 Å². The van der Waals surface area contributed by atoms with Crippen molar-refractivity contribution >= 4 is 22.8 Å². The number of aryl methyl sites for hydroxylation is 1. The number of carbonyl (C=O) groups is 2. The Bertz CT molecular complexity index is 1420. The van der Waals surface area contributed by atoms with Gasteiger partial charge >= 0.3 is 5.97 Å². The summed E-state index contributed by atoms with van der Waals surface area (Å²) >= 11 is 0. The number of aromatic amines is 1. The average molecular weight is 530 g/mol. The monoisotopic (exact) mass is 529 g/mol. The molecule has 2 atom stereocenters. The minimum Gasteiger partial charge on any atom is -0.496 e.